The van der Waals surface area contributed by atoms with Crippen molar-refractivity contribution in [1.29, 1.82) is 5.26 Å². The van der Waals surface area contributed by atoms with Gasteiger partial charge in [0.15, 0.2) is 0 Å². The molecule has 17 heavy (non-hydrogen) atoms. The van der Waals surface area contributed by atoms with Gasteiger partial charge >= 0.3 is 5.97 Å². The van der Waals surface area contributed by atoms with E-state index in [0.717, 1.165) is 16.9 Å². The SMILES string of the molecule is CCOC(=O)c1sc(N)c(C#N)c1CC(C)C. The number of nitrogens with two attached hydrogens (primary N) is 1. The molecule has 0 atom stereocenters. The summed E-state index contributed by atoms with van der Waals surface area (Å²) in [7, 11) is 0. The highest BCUT2D eigenvalue weighted by Crippen LogP contribution is 2.32. The fraction of sp³-hybridized carbons (Fsp3) is 0.500. The zero-order chi connectivity index (χ0) is 13.0. The van der Waals surface area contributed by atoms with Crippen molar-refractivity contribution >= 4 is 22.3 Å². The van der Waals surface area contributed by atoms with E-state index in [1.165, 1.54) is 0 Å². The Balaban J connectivity index is 3.21. The van der Waals surface area contributed by atoms with Crippen LogP contribution in [0.15, 0.2) is 0 Å². The van der Waals surface area contributed by atoms with Gasteiger partial charge < -0.3 is 10.5 Å². The molecule has 0 spiro atoms. The van der Waals surface area contributed by atoms with E-state index in [4.69, 9.17) is 15.7 Å². The Labute approximate surface area is 105 Å². The van der Waals surface area contributed by atoms with E-state index in [2.05, 4.69) is 6.07 Å². The van der Waals surface area contributed by atoms with Crippen molar-refractivity contribution in [1.82, 2.24) is 0 Å². The van der Waals surface area contributed by atoms with Crippen LogP contribution in [0.3, 0.4) is 0 Å². The summed E-state index contributed by atoms with van der Waals surface area (Å²) in [5.74, 6) is -0.0365. The Morgan fingerprint density at radius 1 is 1.59 bits per heavy atom. The van der Waals surface area contributed by atoms with Gasteiger partial charge in [-0.15, -0.1) is 11.3 Å². The van der Waals surface area contributed by atoms with Gasteiger partial charge in [-0.2, -0.15) is 5.26 Å². The largest absolute Gasteiger partial charge is 0.462 e. The molecule has 0 saturated carbocycles. The number of carbonyl (C=O) groups is 1. The third kappa shape index (κ3) is 2.98. The Morgan fingerprint density at radius 3 is 2.71 bits per heavy atom. The highest BCUT2D eigenvalue weighted by molar-refractivity contribution is 7.18. The summed E-state index contributed by atoms with van der Waals surface area (Å²) in [6.07, 6.45) is 0.657. The average molecular weight is 252 g/mol. The van der Waals surface area contributed by atoms with Crippen LogP contribution in [0, 0.1) is 17.2 Å². The Kier molecular flexibility index (Phi) is 4.53. The molecule has 92 valence electrons. The smallest absolute Gasteiger partial charge is 0.348 e. The Bertz CT molecular complexity index is 458. The van der Waals surface area contributed by atoms with Crippen LogP contribution in [-0.2, 0) is 11.2 Å². The minimum Gasteiger partial charge on any atom is -0.462 e. The third-order valence-electron chi connectivity index (χ3n) is 2.22. The van der Waals surface area contributed by atoms with Gasteiger partial charge in [-0.25, -0.2) is 4.79 Å². The van der Waals surface area contributed by atoms with Crippen LogP contribution in [0.4, 0.5) is 5.00 Å². The molecule has 2 N–H and O–H groups in total. The molecule has 1 rings (SSSR count). The van der Waals surface area contributed by atoms with Crippen LogP contribution in [0.5, 0.6) is 0 Å². The summed E-state index contributed by atoms with van der Waals surface area (Å²) in [6, 6.07) is 2.06. The summed E-state index contributed by atoms with van der Waals surface area (Å²) in [4.78, 5) is 12.2. The molecule has 1 aromatic rings. The summed E-state index contributed by atoms with van der Waals surface area (Å²) in [5.41, 5.74) is 6.90. The van der Waals surface area contributed by atoms with Crippen LogP contribution in [0.25, 0.3) is 0 Å². The third-order valence-corrected chi connectivity index (χ3v) is 3.26. The van der Waals surface area contributed by atoms with Crippen molar-refractivity contribution < 1.29 is 9.53 Å². The molecule has 4 nitrogen and oxygen atoms in total. The van der Waals surface area contributed by atoms with Crippen LogP contribution in [0.1, 0.15) is 41.6 Å². The second kappa shape index (κ2) is 5.69. The first-order valence-electron chi connectivity index (χ1n) is 5.49. The lowest BCUT2D eigenvalue weighted by atomic mass is 10.00. The molecule has 0 fully saturated rings. The molecular weight excluding hydrogens is 236 g/mol. The van der Waals surface area contributed by atoms with Crippen molar-refractivity contribution in [3.8, 4) is 6.07 Å². The van der Waals surface area contributed by atoms with E-state index in [1.54, 1.807) is 6.92 Å². The first-order chi connectivity index (χ1) is 8.01. The van der Waals surface area contributed by atoms with Gasteiger partial charge in [0, 0.05) is 0 Å². The number of carbonyl (C=O) groups excluding carboxylic acids is 1. The quantitative estimate of drug-likeness (QED) is 0.835. The molecule has 1 heterocycles. The summed E-state index contributed by atoms with van der Waals surface area (Å²) < 4.78 is 4.97. The molecule has 0 aliphatic carbocycles. The maximum atomic E-state index is 11.8. The van der Waals surface area contributed by atoms with Crippen LogP contribution >= 0.6 is 11.3 Å². The van der Waals surface area contributed by atoms with Crippen LogP contribution in [-0.4, -0.2) is 12.6 Å². The molecule has 0 amide bonds. The molecular formula is C12H16N2O2S. The number of hydrogen-bond donors (Lipinski definition) is 1. The maximum Gasteiger partial charge on any atom is 0.348 e. The summed E-state index contributed by atoms with van der Waals surface area (Å²) >= 11 is 1.14. The zero-order valence-electron chi connectivity index (χ0n) is 10.2. The number of anilines is 1. The number of ether oxygens (including phenoxy) is 1. The average Bonchev–Trinajstić information content (AvgIpc) is 2.54. The van der Waals surface area contributed by atoms with Crippen molar-refractivity contribution in [2.24, 2.45) is 5.92 Å². The number of rotatable bonds is 4. The fourth-order valence-corrected chi connectivity index (χ4v) is 2.51. The molecule has 0 radical (unpaired) electrons. The zero-order valence-corrected chi connectivity index (χ0v) is 11.1. The molecule has 5 heteroatoms. The summed E-state index contributed by atoms with van der Waals surface area (Å²) in [6.45, 7) is 6.13. The highest BCUT2D eigenvalue weighted by atomic mass is 32.1. The number of esters is 1. The number of hydrogen-bond acceptors (Lipinski definition) is 5. The van der Waals surface area contributed by atoms with Gasteiger partial charge in [-0.05, 0) is 24.8 Å². The molecule has 0 aromatic carbocycles. The second-order valence-electron chi connectivity index (χ2n) is 4.08. The van der Waals surface area contributed by atoms with Crippen LogP contribution in [0.2, 0.25) is 0 Å². The first kappa shape index (κ1) is 13.5. The van der Waals surface area contributed by atoms with Crippen LogP contribution < -0.4 is 5.73 Å². The van der Waals surface area contributed by atoms with Crippen molar-refractivity contribution in [2.75, 3.05) is 12.3 Å². The van der Waals surface area contributed by atoms with Gasteiger partial charge in [0.05, 0.1) is 12.2 Å². The number of thiophene rings is 1. The predicted octanol–water partition coefficient (Wildman–Crippen LogP) is 2.58. The van der Waals surface area contributed by atoms with Gasteiger partial charge in [-0.1, -0.05) is 13.8 Å². The topological polar surface area (TPSA) is 76.1 Å². The molecule has 0 unspecified atom stereocenters. The predicted molar refractivity (Wildman–Crippen MR) is 67.9 cm³/mol. The lowest BCUT2D eigenvalue weighted by Crippen LogP contribution is -2.07. The van der Waals surface area contributed by atoms with Gasteiger partial charge in [0.25, 0.3) is 0 Å². The van der Waals surface area contributed by atoms with Gasteiger partial charge in [0.2, 0.25) is 0 Å². The summed E-state index contributed by atoms with van der Waals surface area (Å²) in [5, 5.41) is 9.46. The standard InChI is InChI=1S/C12H16N2O2S/c1-4-16-12(15)10-8(5-7(2)3)9(6-13)11(14)17-10/h7H,4-5,14H2,1-3H3. The van der Waals surface area contributed by atoms with Crippen molar-refractivity contribution in [2.45, 2.75) is 27.2 Å². The minimum absolute atomic E-state index is 0.319. The molecule has 0 saturated heterocycles. The van der Waals surface area contributed by atoms with E-state index >= 15 is 0 Å². The van der Waals surface area contributed by atoms with E-state index in [1.807, 2.05) is 13.8 Å². The van der Waals surface area contributed by atoms with E-state index in [9.17, 15) is 4.79 Å². The fourth-order valence-electron chi connectivity index (χ4n) is 1.57. The monoisotopic (exact) mass is 252 g/mol. The van der Waals surface area contributed by atoms with Crippen molar-refractivity contribution in [3.05, 3.63) is 16.0 Å². The number of nitrogens with zero attached hydrogens (tertiary/aromatic N) is 1. The van der Waals surface area contributed by atoms with Gasteiger partial charge in [-0.3, -0.25) is 0 Å². The number of nitriles is 1. The Morgan fingerprint density at radius 2 is 2.24 bits per heavy atom. The molecule has 0 aliphatic rings. The van der Waals surface area contributed by atoms with E-state index in [0.29, 0.717) is 34.4 Å². The number of nitrogen functional groups attached to an aromatic ring is 1. The van der Waals surface area contributed by atoms with Gasteiger partial charge in [0.1, 0.15) is 15.9 Å². The minimum atomic E-state index is -0.388. The molecule has 1 aromatic heterocycles. The lowest BCUT2D eigenvalue weighted by Gasteiger charge is -2.06. The lowest BCUT2D eigenvalue weighted by molar-refractivity contribution is 0.0531. The molecule has 0 bridgehead atoms. The van der Waals surface area contributed by atoms with E-state index in [-0.39, 0.29) is 5.97 Å². The Hall–Kier alpha value is -1.54. The first-order valence-corrected chi connectivity index (χ1v) is 6.31. The second-order valence-corrected chi connectivity index (χ2v) is 5.13. The van der Waals surface area contributed by atoms with E-state index < -0.39 is 0 Å². The normalized spacial score (nSPS) is 10.3. The molecule has 0 aliphatic heterocycles. The maximum absolute atomic E-state index is 11.8. The highest BCUT2D eigenvalue weighted by Gasteiger charge is 2.22. The van der Waals surface area contributed by atoms with Crippen molar-refractivity contribution in [3.63, 3.8) is 0 Å².